The summed E-state index contributed by atoms with van der Waals surface area (Å²) in [4.78, 5) is 50.3. The van der Waals surface area contributed by atoms with Gasteiger partial charge in [0.05, 0.1) is 12.0 Å². The van der Waals surface area contributed by atoms with Crippen molar-refractivity contribution in [3.8, 4) is 11.8 Å². The zero-order valence-corrected chi connectivity index (χ0v) is 24.7. The van der Waals surface area contributed by atoms with Crippen LogP contribution in [0.2, 0.25) is 0 Å². The van der Waals surface area contributed by atoms with Gasteiger partial charge >= 0.3 is 5.97 Å². The maximum Gasteiger partial charge on any atom is 0.306 e. The molecule has 0 bridgehead atoms. The Bertz CT molecular complexity index is 1430. The highest BCUT2D eigenvalue weighted by atomic mass is 16.5. The number of esters is 1. The van der Waals surface area contributed by atoms with Crippen LogP contribution in [0, 0.1) is 11.8 Å². The second kappa shape index (κ2) is 13.2. The maximum atomic E-state index is 12.9. The second-order valence-corrected chi connectivity index (χ2v) is 11.9. The molecule has 1 atom stereocenters. The fraction of sp³-hybridized carbons (Fsp3) is 0.412. The molecule has 1 unspecified atom stereocenters. The Kier molecular flexibility index (Phi) is 9.64. The van der Waals surface area contributed by atoms with Gasteiger partial charge in [0.1, 0.15) is 6.10 Å². The van der Waals surface area contributed by atoms with Gasteiger partial charge in [-0.2, -0.15) is 0 Å². The van der Waals surface area contributed by atoms with Gasteiger partial charge in [0.25, 0.3) is 11.8 Å². The minimum absolute atomic E-state index is 0.00526. The quantitative estimate of drug-likeness (QED) is 0.231. The van der Waals surface area contributed by atoms with E-state index >= 15 is 0 Å². The third-order valence-electron chi connectivity index (χ3n) is 7.43. The highest BCUT2D eigenvalue weighted by Gasteiger charge is 2.29. The molecule has 0 saturated carbocycles. The monoisotopic (exact) mass is 570 g/mol. The minimum atomic E-state index is -0.567. The van der Waals surface area contributed by atoms with E-state index in [1.807, 2.05) is 76.2 Å². The number of nitrogens with one attached hydrogen (secondary N) is 1. The average Bonchev–Trinajstić information content (AvgIpc) is 3.25. The van der Waals surface area contributed by atoms with Crippen LogP contribution >= 0.6 is 0 Å². The average molecular weight is 571 g/mol. The van der Waals surface area contributed by atoms with Crippen molar-refractivity contribution < 1.29 is 28.7 Å². The van der Waals surface area contributed by atoms with Gasteiger partial charge in [-0.25, -0.2) is 0 Å². The van der Waals surface area contributed by atoms with E-state index in [0.29, 0.717) is 25.9 Å². The van der Waals surface area contributed by atoms with E-state index in [1.165, 1.54) is 17.1 Å². The molecule has 8 nitrogen and oxygen atoms in total. The number of ether oxygens (including phenoxy) is 2. The summed E-state index contributed by atoms with van der Waals surface area (Å²) in [5.74, 6) is 5.12. The Labute approximate surface area is 247 Å². The number of benzene rings is 2. The molecule has 3 amide bonds. The van der Waals surface area contributed by atoms with Crippen LogP contribution in [0.5, 0.6) is 0 Å². The van der Waals surface area contributed by atoms with Crippen molar-refractivity contribution in [2.24, 2.45) is 0 Å². The van der Waals surface area contributed by atoms with Crippen molar-refractivity contribution in [1.29, 1.82) is 0 Å². The molecule has 42 heavy (non-hydrogen) atoms. The summed E-state index contributed by atoms with van der Waals surface area (Å²) in [5, 5.41) is 2.99. The summed E-state index contributed by atoms with van der Waals surface area (Å²) in [7, 11) is 0. The molecule has 0 aromatic heterocycles. The number of fused-ring (bicyclic) bond motifs is 2. The predicted octanol–water partition coefficient (Wildman–Crippen LogP) is 4.40. The summed E-state index contributed by atoms with van der Waals surface area (Å²) >= 11 is 0. The van der Waals surface area contributed by atoms with Gasteiger partial charge in [0, 0.05) is 60.4 Å². The van der Waals surface area contributed by atoms with E-state index in [0.717, 1.165) is 22.3 Å². The first-order chi connectivity index (χ1) is 19.9. The molecule has 2 aromatic carbocycles. The van der Waals surface area contributed by atoms with Crippen molar-refractivity contribution in [2.45, 2.75) is 77.0 Å². The second-order valence-electron chi connectivity index (χ2n) is 11.9. The topological polar surface area (TPSA) is 102 Å². The van der Waals surface area contributed by atoms with Gasteiger partial charge in [-0.1, -0.05) is 48.2 Å². The minimum Gasteiger partial charge on any atom is -0.457 e. The predicted molar refractivity (Wildman–Crippen MR) is 158 cm³/mol. The SMILES string of the molecule is CC(C)(CCOC(C)(C)CCN1C(=O)C=CC1=O)NC(=O)CCC(=O)OC1Cc2ccccc2C#Cc2ccccc21. The van der Waals surface area contributed by atoms with E-state index in [9.17, 15) is 19.2 Å². The fourth-order valence-electron chi connectivity index (χ4n) is 4.88. The summed E-state index contributed by atoms with van der Waals surface area (Å²) in [6.45, 7) is 8.26. The van der Waals surface area contributed by atoms with Crippen molar-refractivity contribution in [1.82, 2.24) is 10.2 Å². The molecule has 2 aliphatic rings. The largest absolute Gasteiger partial charge is 0.457 e. The zero-order valence-electron chi connectivity index (χ0n) is 24.7. The first-order valence-corrected chi connectivity index (χ1v) is 14.3. The van der Waals surface area contributed by atoms with E-state index < -0.39 is 23.2 Å². The van der Waals surface area contributed by atoms with Crippen LogP contribution in [0.25, 0.3) is 0 Å². The third-order valence-corrected chi connectivity index (χ3v) is 7.43. The standard InChI is InChI=1S/C34H38N2O6/c1-33(2,20-22-41-34(3,4)19-21-36-30(38)16-17-31(36)39)35-29(37)15-18-32(40)42-28-23-26-11-6-5-9-24(26)13-14-25-10-7-8-12-27(25)28/h5-12,16-17,28H,15,18-23H2,1-4H3,(H,35,37). The third kappa shape index (κ3) is 8.40. The zero-order chi connectivity index (χ0) is 30.3. The number of imide groups is 1. The molecule has 2 aromatic rings. The van der Waals surface area contributed by atoms with Gasteiger partial charge in [0.2, 0.25) is 5.91 Å². The van der Waals surface area contributed by atoms with Crippen LogP contribution in [0.4, 0.5) is 0 Å². The van der Waals surface area contributed by atoms with Gasteiger partial charge in [-0.3, -0.25) is 24.1 Å². The molecular weight excluding hydrogens is 532 g/mol. The summed E-state index contributed by atoms with van der Waals surface area (Å²) in [6.07, 6.45) is 3.54. The number of nitrogens with zero attached hydrogens (tertiary/aromatic N) is 1. The van der Waals surface area contributed by atoms with Crippen molar-refractivity contribution in [2.75, 3.05) is 13.2 Å². The lowest BCUT2D eigenvalue weighted by Gasteiger charge is -2.31. The molecule has 8 heteroatoms. The number of carbonyl (C=O) groups is 4. The highest BCUT2D eigenvalue weighted by Crippen LogP contribution is 2.29. The van der Waals surface area contributed by atoms with Crippen LogP contribution in [0.3, 0.4) is 0 Å². The van der Waals surface area contributed by atoms with E-state index in [4.69, 9.17) is 9.47 Å². The van der Waals surface area contributed by atoms with Gasteiger partial charge in [-0.05, 0) is 58.2 Å². The smallest absolute Gasteiger partial charge is 0.306 e. The number of carbonyl (C=O) groups excluding carboxylic acids is 4. The Morgan fingerprint density at radius 1 is 0.905 bits per heavy atom. The number of rotatable bonds is 12. The fourth-order valence-corrected chi connectivity index (χ4v) is 4.88. The number of hydrogen-bond acceptors (Lipinski definition) is 6. The van der Waals surface area contributed by atoms with Gasteiger partial charge < -0.3 is 14.8 Å². The Hall–Kier alpha value is -4.22. The van der Waals surface area contributed by atoms with E-state index in [1.54, 1.807) is 0 Å². The van der Waals surface area contributed by atoms with Crippen molar-refractivity contribution >= 4 is 23.7 Å². The van der Waals surface area contributed by atoms with Crippen LogP contribution in [-0.4, -0.2) is 52.9 Å². The Balaban J connectivity index is 1.23. The van der Waals surface area contributed by atoms with Crippen LogP contribution < -0.4 is 5.32 Å². The Morgan fingerprint density at radius 2 is 1.55 bits per heavy atom. The summed E-state index contributed by atoms with van der Waals surface area (Å²) in [5.41, 5.74) is 2.48. The molecule has 0 fully saturated rings. The molecule has 1 N–H and O–H groups in total. The lowest BCUT2D eigenvalue weighted by atomic mass is 9.92. The van der Waals surface area contributed by atoms with Gasteiger partial charge in [-0.15, -0.1) is 0 Å². The molecule has 220 valence electrons. The Morgan fingerprint density at radius 3 is 2.29 bits per heavy atom. The number of amides is 3. The van der Waals surface area contributed by atoms with Crippen LogP contribution in [0.1, 0.15) is 81.7 Å². The molecule has 1 aliphatic heterocycles. The highest BCUT2D eigenvalue weighted by molar-refractivity contribution is 6.12. The van der Waals surface area contributed by atoms with E-state index in [-0.39, 0.29) is 37.1 Å². The van der Waals surface area contributed by atoms with Gasteiger partial charge in [0.15, 0.2) is 0 Å². The molecule has 0 spiro atoms. The molecule has 1 aliphatic carbocycles. The maximum absolute atomic E-state index is 12.9. The molecule has 0 saturated heterocycles. The van der Waals surface area contributed by atoms with E-state index in [2.05, 4.69) is 17.2 Å². The lowest BCUT2D eigenvalue weighted by Crippen LogP contribution is -2.45. The first kappa shape index (κ1) is 30.7. The number of hydrogen-bond donors (Lipinski definition) is 1. The molecule has 0 radical (unpaired) electrons. The molecular formula is C34H38N2O6. The molecule has 1 heterocycles. The van der Waals surface area contributed by atoms with Crippen molar-refractivity contribution in [3.63, 3.8) is 0 Å². The summed E-state index contributed by atoms with van der Waals surface area (Å²) < 4.78 is 11.9. The lowest BCUT2D eigenvalue weighted by molar-refractivity contribution is -0.150. The van der Waals surface area contributed by atoms with Crippen LogP contribution in [0.15, 0.2) is 60.7 Å². The molecule has 4 rings (SSSR count). The van der Waals surface area contributed by atoms with Crippen LogP contribution in [-0.2, 0) is 35.1 Å². The normalized spacial score (nSPS) is 16.1. The van der Waals surface area contributed by atoms with Crippen molar-refractivity contribution in [3.05, 3.63) is 82.9 Å². The first-order valence-electron chi connectivity index (χ1n) is 14.3. The summed E-state index contributed by atoms with van der Waals surface area (Å²) in [6, 6.07) is 15.5.